The molecule has 0 aromatic heterocycles. The molecule has 0 bridgehead atoms. The molecule has 0 aliphatic carbocycles. The SMILES string of the molecule is CC(NCC(=O)N1c2ccccc2CC1C)c1cccc(Cl)c1. The predicted octanol–water partition coefficient (Wildman–Crippen LogP) is 3.97. The Bertz CT molecular complexity index is 716. The summed E-state index contributed by atoms with van der Waals surface area (Å²) in [5.41, 5.74) is 3.37. The first-order valence-electron chi connectivity index (χ1n) is 7.95. The van der Waals surface area contributed by atoms with Crippen LogP contribution in [-0.2, 0) is 11.2 Å². The zero-order valence-electron chi connectivity index (χ0n) is 13.4. The van der Waals surface area contributed by atoms with Gasteiger partial charge in [0.2, 0.25) is 5.91 Å². The first kappa shape index (κ1) is 16.0. The number of para-hydroxylation sites is 1. The lowest BCUT2D eigenvalue weighted by Crippen LogP contribution is -2.42. The molecule has 1 amide bonds. The second-order valence-electron chi connectivity index (χ2n) is 6.10. The number of nitrogens with one attached hydrogen (secondary N) is 1. The summed E-state index contributed by atoms with van der Waals surface area (Å²) in [7, 11) is 0. The summed E-state index contributed by atoms with van der Waals surface area (Å²) < 4.78 is 0. The van der Waals surface area contributed by atoms with Gasteiger partial charge in [0, 0.05) is 22.8 Å². The van der Waals surface area contributed by atoms with E-state index in [1.165, 1.54) is 5.56 Å². The minimum Gasteiger partial charge on any atom is -0.308 e. The third kappa shape index (κ3) is 3.41. The molecule has 1 aliphatic rings. The van der Waals surface area contributed by atoms with Crippen molar-refractivity contribution < 1.29 is 4.79 Å². The first-order chi connectivity index (χ1) is 11.1. The summed E-state index contributed by atoms with van der Waals surface area (Å²) in [5, 5.41) is 4.02. The van der Waals surface area contributed by atoms with Gasteiger partial charge in [-0.25, -0.2) is 0 Å². The van der Waals surface area contributed by atoms with Crippen LogP contribution in [0.15, 0.2) is 48.5 Å². The van der Waals surface area contributed by atoms with Crippen molar-refractivity contribution >= 4 is 23.2 Å². The van der Waals surface area contributed by atoms with E-state index < -0.39 is 0 Å². The summed E-state index contributed by atoms with van der Waals surface area (Å²) in [6.07, 6.45) is 0.922. The number of hydrogen-bond donors (Lipinski definition) is 1. The number of hydrogen-bond acceptors (Lipinski definition) is 2. The van der Waals surface area contributed by atoms with E-state index in [-0.39, 0.29) is 18.0 Å². The smallest absolute Gasteiger partial charge is 0.241 e. The van der Waals surface area contributed by atoms with E-state index in [1.54, 1.807) is 0 Å². The third-order valence-electron chi connectivity index (χ3n) is 4.38. The van der Waals surface area contributed by atoms with E-state index >= 15 is 0 Å². The van der Waals surface area contributed by atoms with Gasteiger partial charge in [0.15, 0.2) is 0 Å². The second kappa shape index (κ2) is 6.73. The van der Waals surface area contributed by atoms with Crippen molar-refractivity contribution in [3.05, 3.63) is 64.7 Å². The summed E-state index contributed by atoms with van der Waals surface area (Å²) in [4.78, 5) is 14.6. The van der Waals surface area contributed by atoms with Gasteiger partial charge in [0.1, 0.15) is 0 Å². The lowest BCUT2D eigenvalue weighted by Gasteiger charge is -2.24. The minimum atomic E-state index is 0.0748. The van der Waals surface area contributed by atoms with Crippen LogP contribution in [0.5, 0.6) is 0 Å². The summed E-state index contributed by atoms with van der Waals surface area (Å²) in [6, 6.07) is 16.1. The molecule has 2 aromatic carbocycles. The highest BCUT2D eigenvalue weighted by atomic mass is 35.5. The lowest BCUT2D eigenvalue weighted by atomic mass is 10.1. The molecule has 1 heterocycles. The number of anilines is 1. The number of carbonyl (C=O) groups is 1. The summed E-state index contributed by atoms with van der Waals surface area (Å²) in [5.74, 6) is 0.108. The Morgan fingerprint density at radius 3 is 2.87 bits per heavy atom. The van der Waals surface area contributed by atoms with E-state index in [2.05, 4.69) is 18.3 Å². The molecule has 2 atom stereocenters. The Morgan fingerprint density at radius 2 is 2.09 bits per heavy atom. The zero-order chi connectivity index (χ0) is 16.4. The lowest BCUT2D eigenvalue weighted by molar-refractivity contribution is -0.118. The highest BCUT2D eigenvalue weighted by Gasteiger charge is 2.30. The maximum atomic E-state index is 12.7. The molecule has 4 heteroatoms. The largest absolute Gasteiger partial charge is 0.308 e. The Kier molecular flexibility index (Phi) is 4.69. The Balaban J connectivity index is 1.66. The molecule has 1 aliphatic heterocycles. The van der Waals surface area contributed by atoms with Crippen molar-refractivity contribution in [3.8, 4) is 0 Å². The molecular formula is C19H21ClN2O. The van der Waals surface area contributed by atoms with E-state index in [0.29, 0.717) is 11.6 Å². The summed E-state index contributed by atoms with van der Waals surface area (Å²) >= 11 is 6.03. The highest BCUT2D eigenvalue weighted by molar-refractivity contribution is 6.30. The van der Waals surface area contributed by atoms with Crippen LogP contribution in [0.2, 0.25) is 5.02 Å². The van der Waals surface area contributed by atoms with E-state index in [1.807, 2.05) is 54.3 Å². The quantitative estimate of drug-likeness (QED) is 0.921. The monoisotopic (exact) mass is 328 g/mol. The van der Waals surface area contributed by atoms with Gasteiger partial charge in [0.25, 0.3) is 0 Å². The van der Waals surface area contributed by atoms with Crippen molar-refractivity contribution in [1.29, 1.82) is 0 Å². The zero-order valence-corrected chi connectivity index (χ0v) is 14.2. The fourth-order valence-electron chi connectivity index (χ4n) is 3.16. The molecule has 3 nitrogen and oxygen atoms in total. The molecule has 23 heavy (non-hydrogen) atoms. The maximum absolute atomic E-state index is 12.7. The van der Waals surface area contributed by atoms with Crippen LogP contribution in [0.4, 0.5) is 5.69 Å². The molecular weight excluding hydrogens is 308 g/mol. The van der Waals surface area contributed by atoms with Crippen molar-refractivity contribution in [2.75, 3.05) is 11.4 Å². The van der Waals surface area contributed by atoms with Gasteiger partial charge in [-0.05, 0) is 49.6 Å². The molecule has 0 fully saturated rings. The number of carbonyl (C=O) groups excluding carboxylic acids is 1. The number of rotatable bonds is 4. The maximum Gasteiger partial charge on any atom is 0.241 e. The van der Waals surface area contributed by atoms with E-state index in [9.17, 15) is 4.79 Å². The Hall–Kier alpha value is -1.84. The van der Waals surface area contributed by atoms with Gasteiger partial charge in [-0.1, -0.05) is 41.9 Å². The van der Waals surface area contributed by atoms with Gasteiger partial charge in [0.05, 0.1) is 6.54 Å². The van der Waals surface area contributed by atoms with Gasteiger partial charge < -0.3 is 10.2 Å². The predicted molar refractivity (Wildman–Crippen MR) is 95.0 cm³/mol. The number of amides is 1. The van der Waals surface area contributed by atoms with Gasteiger partial charge >= 0.3 is 0 Å². The highest BCUT2D eigenvalue weighted by Crippen LogP contribution is 2.31. The molecule has 0 saturated heterocycles. The molecule has 0 radical (unpaired) electrons. The van der Waals surface area contributed by atoms with Crippen LogP contribution in [0.1, 0.15) is 31.0 Å². The molecule has 2 aromatic rings. The molecule has 0 spiro atoms. The molecule has 0 saturated carbocycles. The molecule has 2 unspecified atom stereocenters. The van der Waals surface area contributed by atoms with Crippen molar-refractivity contribution in [2.45, 2.75) is 32.4 Å². The van der Waals surface area contributed by atoms with Crippen LogP contribution >= 0.6 is 11.6 Å². The molecule has 3 rings (SSSR count). The third-order valence-corrected chi connectivity index (χ3v) is 4.62. The Labute approximate surface area is 142 Å². The number of halogens is 1. The number of nitrogens with zero attached hydrogens (tertiary/aromatic N) is 1. The molecule has 120 valence electrons. The first-order valence-corrected chi connectivity index (χ1v) is 8.33. The topological polar surface area (TPSA) is 32.3 Å². The Morgan fingerprint density at radius 1 is 1.30 bits per heavy atom. The minimum absolute atomic E-state index is 0.0748. The van der Waals surface area contributed by atoms with Gasteiger partial charge in [-0.2, -0.15) is 0 Å². The normalized spacial score (nSPS) is 17.9. The van der Waals surface area contributed by atoms with Crippen LogP contribution in [0.25, 0.3) is 0 Å². The average molecular weight is 329 g/mol. The number of fused-ring (bicyclic) bond motifs is 1. The van der Waals surface area contributed by atoms with Crippen LogP contribution in [0.3, 0.4) is 0 Å². The van der Waals surface area contributed by atoms with Crippen molar-refractivity contribution in [2.24, 2.45) is 0 Å². The fraction of sp³-hybridized carbons (Fsp3) is 0.316. The van der Waals surface area contributed by atoms with Crippen molar-refractivity contribution in [1.82, 2.24) is 5.32 Å². The van der Waals surface area contributed by atoms with Gasteiger partial charge in [-0.15, -0.1) is 0 Å². The van der Waals surface area contributed by atoms with Crippen LogP contribution in [-0.4, -0.2) is 18.5 Å². The number of benzene rings is 2. The van der Waals surface area contributed by atoms with Gasteiger partial charge in [-0.3, -0.25) is 4.79 Å². The fourth-order valence-corrected chi connectivity index (χ4v) is 3.36. The van der Waals surface area contributed by atoms with E-state index in [4.69, 9.17) is 11.6 Å². The van der Waals surface area contributed by atoms with Crippen LogP contribution in [0, 0.1) is 0 Å². The van der Waals surface area contributed by atoms with Crippen molar-refractivity contribution in [3.63, 3.8) is 0 Å². The summed E-state index contributed by atoms with van der Waals surface area (Å²) in [6.45, 7) is 4.45. The molecule has 1 N–H and O–H groups in total. The van der Waals surface area contributed by atoms with Crippen LogP contribution < -0.4 is 10.2 Å². The standard InChI is InChI=1S/C19H21ClN2O/c1-13-10-16-6-3-4-9-18(16)22(13)19(23)12-21-14(2)15-7-5-8-17(20)11-15/h3-9,11,13-14,21H,10,12H2,1-2H3. The van der Waals surface area contributed by atoms with E-state index in [0.717, 1.165) is 17.7 Å². The average Bonchev–Trinajstić information content (AvgIpc) is 2.88. The second-order valence-corrected chi connectivity index (χ2v) is 6.54.